The number of anilines is 1. The molecule has 1 fully saturated rings. The minimum atomic E-state index is -1.14. The van der Waals surface area contributed by atoms with Gasteiger partial charge in [-0.15, -0.1) is 0 Å². The number of carbonyl (C=O) groups excluding carboxylic acids is 1. The van der Waals surface area contributed by atoms with Crippen LogP contribution in [0.3, 0.4) is 0 Å². The van der Waals surface area contributed by atoms with Crippen molar-refractivity contribution in [2.24, 2.45) is 0 Å². The fourth-order valence-electron chi connectivity index (χ4n) is 3.90. The molecule has 3 aromatic rings. The third kappa shape index (κ3) is 5.00. The molecule has 0 radical (unpaired) electrons. The second-order valence-electron chi connectivity index (χ2n) is 9.59. The molecule has 4 rings (SSSR count). The summed E-state index contributed by atoms with van der Waals surface area (Å²) in [7, 11) is 0. The van der Waals surface area contributed by atoms with Crippen LogP contribution in [0.5, 0.6) is 0 Å². The van der Waals surface area contributed by atoms with Crippen molar-refractivity contribution in [1.29, 1.82) is 0 Å². The molecule has 1 saturated carbocycles. The number of amides is 1. The number of nitrogens with zero attached hydrogens (tertiary/aromatic N) is 3. The van der Waals surface area contributed by atoms with Gasteiger partial charge in [0.05, 0.1) is 28.6 Å². The molecule has 0 bridgehead atoms. The molecule has 10 nitrogen and oxygen atoms in total. The molecule has 0 saturated heterocycles. The predicted octanol–water partition coefficient (Wildman–Crippen LogP) is 4.28. The topological polar surface area (TPSA) is 139 Å². The summed E-state index contributed by atoms with van der Waals surface area (Å²) in [6.07, 6.45) is 3.50. The van der Waals surface area contributed by atoms with Gasteiger partial charge in [0, 0.05) is 29.8 Å². The zero-order valence-electron chi connectivity index (χ0n) is 19.2. The number of carboxylic acids is 1. The molecule has 0 spiro atoms. The number of fused-ring (bicyclic) bond motifs is 1. The van der Waals surface area contributed by atoms with Gasteiger partial charge in [-0.3, -0.25) is 24.1 Å². The van der Waals surface area contributed by atoms with Gasteiger partial charge in [0.15, 0.2) is 5.65 Å². The molecule has 2 heterocycles. The van der Waals surface area contributed by atoms with Crippen LogP contribution < -0.4 is 10.6 Å². The van der Waals surface area contributed by atoms with Crippen LogP contribution in [-0.2, 0) is 4.79 Å². The number of non-ortho nitro benzene ring substituents is 1. The summed E-state index contributed by atoms with van der Waals surface area (Å²) in [5.74, 6) is -0.452. The minimum absolute atomic E-state index is 0.176. The smallest absolute Gasteiger partial charge is 0.305 e. The van der Waals surface area contributed by atoms with Gasteiger partial charge in [-0.2, -0.15) is 0 Å². The third-order valence-electron chi connectivity index (χ3n) is 5.55. The number of nitro benzene ring substituents is 1. The first kappa shape index (κ1) is 23.2. The van der Waals surface area contributed by atoms with Crippen LogP contribution >= 0.6 is 0 Å². The second-order valence-corrected chi connectivity index (χ2v) is 9.59. The highest BCUT2D eigenvalue weighted by atomic mass is 16.6. The summed E-state index contributed by atoms with van der Waals surface area (Å²) in [5, 5.41) is 26.8. The molecular formula is C24H27N5O5. The molecule has 34 heavy (non-hydrogen) atoms. The molecule has 1 unspecified atom stereocenters. The largest absolute Gasteiger partial charge is 0.481 e. The maximum absolute atomic E-state index is 13.3. The van der Waals surface area contributed by atoms with Crippen molar-refractivity contribution in [2.75, 3.05) is 5.32 Å². The monoisotopic (exact) mass is 465 g/mol. The molecule has 1 amide bonds. The van der Waals surface area contributed by atoms with Crippen LogP contribution in [0, 0.1) is 10.1 Å². The molecule has 1 aliphatic rings. The lowest BCUT2D eigenvalue weighted by molar-refractivity contribution is -0.384. The van der Waals surface area contributed by atoms with Gasteiger partial charge in [0.2, 0.25) is 0 Å². The number of imidazole rings is 1. The quantitative estimate of drug-likeness (QED) is 0.333. The summed E-state index contributed by atoms with van der Waals surface area (Å²) >= 11 is 0. The standard InChI is InChI=1S/C24H27N5O5/c1-24(2,3)27-22-20(14-9-10-14)26-21-17(8-5-11-28(21)22)23(32)25-18(13-19(30)31)15-6-4-7-16(12-15)29(33)34/h4-8,11-12,14,18,27H,9-10,13H2,1-3H3,(H,25,32)(H,30,31). The lowest BCUT2D eigenvalue weighted by atomic mass is 10.0. The van der Waals surface area contributed by atoms with Crippen molar-refractivity contribution in [3.8, 4) is 0 Å². The molecule has 10 heteroatoms. The van der Waals surface area contributed by atoms with Crippen molar-refractivity contribution < 1.29 is 19.6 Å². The number of aromatic nitrogens is 2. The summed E-state index contributed by atoms with van der Waals surface area (Å²) < 4.78 is 1.85. The van der Waals surface area contributed by atoms with E-state index in [1.165, 1.54) is 18.2 Å². The Labute approximate surface area is 196 Å². The van der Waals surface area contributed by atoms with Gasteiger partial charge in [0.25, 0.3) is 11.6 Å². The fraction of sp³-hybridized carbons (Fsp3) is 0.375. The van der Waals surface area contributed by atoms with Gasteiger partial charge >= 0.3 is 5.97 Å². The van der Waals surface area contributed by atoms with Crippen LogP contribution in [0.25, 0.3) is 5.65 Å². The van der Waals surface area contributed by atoms with E-state index in [0.29, 0.717) is 22.7 Å². The summed E-state index contributed by atoms with van der Waals surface area (Å²) in [6.45, 7) is 6.15. The number of benzene rings is 1. The van der Waals surface area contributed by atoms with Crippen LogP contribution in [0.1, 0.15) is 73.6 Å². The van der Waals surface area contributed by atoms with Gasteiger partial charge in [0.1, 0.15) is 5.82 Å². The average Bonchev–Trinajstić information content (AvgIpc) is 3.54. The summed E-state index contributed by atoms with van der Waals surface area (Å²) in [5.41, 5.74) is 1.63. The van der Waals surface area contributed by atoms with E-state index >= 15 is 0 Å². The lowest BCUT2D eigenvalue weighted by Crippen LogP contribution is -2.30. The molecule has 1 atom stereocenters. The van der Waals surface area contributed by atoms with E-state index in [-0.39, 0.29) is 11.2 Å². The number of nitro groups is 1. The highest BCUT2D eigenvalue weighted by Crippen LogP contribution is 2.44. The van der Waals surface area contributed by atoms with E-state index in [1.54, 1.807) is 18.2 Å². The van der Waals surface area contributed by atoms with E-state index in [4.69, 9.17) is 4.98 Å². The molecule has 1 aromatic carbocycles. The Kier molecular flexibility index (Phi) is 5.99. The Morgan fingerprint density at radius 3 is 2.62 bits per heavy atom. The number of hydrogen-bond donors (Lipinski definition) is 3. The minimum Gasteiger partial charge on any atom is -0.481 e. The molecule has 0 aliphatic heterocycles. The first-order valence-corrected chi connectivity index (χ1v) is 11.1. The van der Waals surface area contributed by atoms with E-state index in [2.05, 4.69) is 31.4 Å². The maximum Gasteiger partial charge on any atom is 0.305 e. The van der Waals surface area contributed by atoms with Crippen molar-refractivity contribution in [2.45, 2.75) is 57.5 Å². The number of hydrogen-bond acceptors (Lipinski definition) is 6. The molecule has 2 aromatic heterocycles. The Bertz CT molecular complexity index is 1270. The van der Waals surface area contributed by atoms with E-state index in [1.807, 2.05) is 10.6 Å². The number of nitrogens with one attached hydrogen (secondary N) is 2. The maximum atomic E-state index is 13.3. The number of carboxylic acid groups (broad SMARTS) is 1. The number of rotatable bonds is 8. The molecule has 178 valence electrons. The van der Waals surface area contributed by atoms with Crippen LogP contribution in [0.2, 0.25) is 0 Å². The first-order valence-electron chi connectivity index (χ1n) is 11.1. The van der Waals surface area contributed by atoms with E-state index < -0.39 is 29.3 Å². The first-order chi connectivity index (χ1) is 16.0. The van der Waals surface area contributed by atoms with Crippen LogP contribution in [0.4, 0.5) is 11.5 Å². The average molecular weight is 466 g/mol. The Morgan fingerprint density at radius 1 is 1.26 bits per heavy atom. The molecule has 1 aliphatic carbocycles. The fourth-order valence-corrected chi connectivity index (χ4v) is 3.90. The van der Waals surface area contributed by atoms with Crippen molar-refractivity contribution in [3.05, 3.63) is 69.5 Å². The van der Waals surface area contributed by atoms with E-state index in [0.717, 1.165) is 24.4 Å². The summed E-state index contributed by atoms with van der Waals surface area (Å²) in [4.78, 5) is 40.2. The van der Waals surface area contributed by atoms with Gasteiger partial charge in [-0.05, 0) is 51.3 Å². The lowest BCUT2D eigenvalue weighted by Gasteiger charge is -2.22. The third-order valence-corrected chi connectivity index (χ3v) is 5.55. The van der Waals surface area contributed by atoms with Gasteiger partial charge < -0.3 is 15.7 Å². The zero-order chi connectivity index (χ0) is 24.6. The van der Waals surface area contributed by atoms with Crippen molar-refractivity contribution in [3.63, 3.8) is 0 Å². The zero-order valence-corrected chi connectivity index (χ0v) is 19.2. The van der Waals surface area contributed by atoms with Crippen molar-refractivity contribution in [1.82, 2.24) is 14.7 Å². The Morgan fingerprint density at radius 2 is 2.00 bits per heavy atom. The number of aliphatic carboxylic acids is 1. The highest BCUT2D eigenvalue weighted by Gasteiger charge is 2.32. The number of pyridine rings is 1. The number of carbonyl (C=O) groups is 2. The van der Waals surface area contributed by atoms with Gasteiger partial charge in [-0.1, -0.05) is 12.1 Å². The van der Waals surface area contributed by atoms with Crippen LogP contribution in [0.15, 0.2) is 42.6 Å². The summed E-state index contributed by atoms with van der Waals surface area (Å²) in [6, 6.07) is 8.06. The Hall–Kier alpha value is -3.95. The van der Waals surface area contributed by atoms with E-state index in [9.17, 15) is 24.8 Å². The molecular weight excluding hydrogens is 438 g/mol. The normalized spacial score (nSPS) is 14.6. The predicted molar refractivity (Wildman–Crippen MR) is 126 cm³/mol. The van der Waals surface area contributed by atoms with Gasteiger partial charge in [-0.25, -0.2) is 4.98 Å². The van der Waals surface area contributed by atoms with Crippen molar-refractivity contribution >= 4 is 29.0 Å². The highest BCUT2D eigenvalue weighted by molar-refractivity contribution is 6.00. The Balaban J connectivity index is 1.71. The SMILES string of the molecule is CC(C)(C)Nc1c(C2CC2)nc2c(C(=O)NC(CC(=O)O)c3cccc([N+](=O)[O-])c3)cccn12. The molecule has 3 N–H and O–H groups in total. The van der Waals surface area contributed by atoms with Crippen LogP contribution in [-0.4, -0.2) is 36.8 Å². The second kappa shape index (κ2) is 8.77.